The lowest BCUT2D eigenvalue weighted by Gasteiger charge is -2.16. The first kappa shape index (κ1) is 16.2. The quantitative estimate of drug-likeness (QED) is 0.776. The molecular weight excluding hydrogens is 308 g/mol. The number of carbonyl (C=O) groups excluding carboxylic acids is 1. The van der Waals surface area contributed by atoms with Gasteiger partial charge in [0.15, 0.2) is 0 Å². The fourth-order valence-corrected chi connectivity index (χ4v) is 3.08. The predicted molar refractivity (Wildman–Crippen MR) is 77.7 cm³/mol. The molecule has 1 aromatic carbocycles. The highest BCUT2D eigenvalue weighted by Crippen LogP contribution is 2.18. The van der Waals surface area contributed by atoms with Gasteiger partial charge in [0.2, 0.25) is 10.0 Å². The van der Waals surface area contributed by atoms with Crippen LogP contribution in [0.2, 0.25) is 0 Å². The lowest BCUT2D eigenvalue weighted by Crippen LogP contribution is -2.26. The predicted octanol–water partition coefficient (Wildman–Crippen LogP) is 1.59. The molecule has 0 unspecified atom stereocenters. The van der Waals surface area contributed by atoms with E-state index in [1.165, 1.54) is 38.4 Å². The summed E-state index contributed by atoms with van der Waals surface area (Å²) in [5, 5.41) is 3.77. The first-order chi connectivity index (χ1) is 10.3. The molecule has 0 N–H and O–H groups in total. The molecule has 0 amide bonds. The second-order valence-electron chi connectivity index (χ2n) is 4.71. The minimum atomic E-state index is -3.75. The van der Waals surface area contributed by atoms with E-state index < -0.39 is 16.0 Å². The van der Waals surface area contributed by atoms with Gasteiger partial charge >= 0.3 is 5.97 Å². The molecule has 7 nitrogen and oxygen atoms in total. The first-order valence-corrected chi connectivity index (χ1v) is 7.85. The van der Waals surface area contributed by atoms with Crippen LogP contribution in [0.4, 0.5) is 0 Å². The zero-order valence-electron chi connectivity index (χ0n) is 12.4. The maximum Gasteiger partial charge on any atom is 0.337 e. The minimum Gasteiger partial charge on any atom is -0.465 e. The molecule has 0 aliphatic rings. The number of rotatable bonds is 5. The number of nitrogens with zero attached hydrogens (tertiary/aromatic N) is 2. The number of aryl methyl sites for hydroxylation is 1. The molecule has 118 valence electrons. The highest BCUT2D eigenvalue weighted by atomic mass is 32.2. The van der Waals surface area contributed by atoms with Gasteiger partial charge in [-0.1, -0.05) is 11.2 Å². The van der Waals surface area contributed by atoms with E-state index in [4.69, 9.17) is 4.52 Å². The number of aromatic nitrogens is 1. The van der Waals surface area contributed by atoms with Crippen molar-refractivity contribution in [3.05, 3.63) is 47.3 Å². The molecular formula is C14H16N2O5S. The van der Waals surface area contributed by atoms with E-state index in [0.717, 1.165) is 4.31 Å². The van der Waals surface area contributed by atoms with Crippen LogP contribution in [0, 0.1) is 6.92 Å². The lowest BCUT2D eigenvalue weighted by molar-refractivity contribution is 0.0600. The maximum absolute atomic E-state index is 12.5. The Bertz CT molecular complexity index is 782. The van der Waals surface area contributed by atoms with Crippen molar-refractivity contribution in [2.24, 2.45) is 0 Å². The SMILES string of the molecule is COC(=O)c1cccc(S(=O)(=O)N(C)Cc2cc(C)on2)c1. The van der Waals surface area contributed by atoms with Gasteiger partial charge in [0, 0.05) is 13.1 Å². The molecule has 8 heteroatoms. The molecule has 1 heterocycles. The van der Waals surface area contributed by atoms with Gasteiger partial charge in [-0.05, 0) is 25.1 Å². The summed E-state index contributed by atoms with van der Waals surface area (Å²) in [5.41, 5.74) is 0.682. The summed E-state index contributed by atoms with van der Waals surface area (Å²) in [4.78, 5) is 11.5. The topological polar surface area (TPSA) is 89.7 Å². The second kappa shape index (κ2) is 6.29. The molecule has 0 aliphatic carbocycles. The van der Waals surface area contributed by atoms with Crippen LogP contribution in [0.25, 0.3) is 0 Å². The standard InChI is InChI=1S/C14H16N2O5S/c1-10-7-12(15-21-10)9-16(2)22(18,19)13-6-4-5-11(8-13)14(17)20-3/h4-8H,9H2,1-3H3. The van der Waals surface area contributed by atoms with Gasteiger partial charge < -0.3 is 9.26 Å². The van der Waals surface area contributed by atoms with Gasteiger partial charge in [0.1, 0.15) is 5.76 Å². The number of esters is 1. The number of sulfonamides is 1. The fraction of sp³-hybridized carbons (Fsp3) is 0.286. The summed E-state index contributed by atoms with van der Waals surface area (Å²) in [6, 6.07) is 7.36. The van der Waals surface area contributed by atoms with Crippen LogP contribution in [0.1, 0.15) is 21.8 Å². The Kier molecular flexibility index (Phi) is 4.62. The summed E-state index contributed by atoms with van der Waals surface area (Å²) < 4.78 is 35.7. The molecule has 22 heavy (non-hydrogen) atoms. The summed E-state index contributed by atoms with van der Waals surface area (Å²) in [6.45, 7) is 1.80. The molecule has 1 aromatic heterocycles. The Hall–Kier alpha value is -2.19. The largest absolute Gasteiger partial charge is 0.465 e. The fourth-order valence-electron chi connectivity index (χ4n) is 1.89. The Morgan fingerprint density at radius 3 is 2.68 bits per heavy atom. The van der Waals surface area contributed by atoms with Crippen LogP contribution < -0.4 is 0 Å². The third kappa shape index (κ3) is 3.34. The summed E-state index contributed by atoms with van der Waals surface area (Å²) in [6.07, 6.45) is 0. The van der Waals surface area contributed by atoms with Crippen LogP contribution in [0.3, 0.4) is 0 Å². The monoisotopic (exact) mass is 324 g/mol. The van der Waals surface area contributed by atoms with Gasteiger partial charge in [-0.2, -0.15) is 4.31 Å². The Balaban J connectivity index is 2.27. The number of carbonyl (C=O) groups is 1. The van der Waals surface area contributed by atoms with Gasteiger partial charge in [0.05, 0.1) is 29.8 Å². The normalized spacial score (nSPS) is 11.6. The van der Waals surface area contributed by atoms with E-state index in [1.54, 1.807) is 13.0 Å². The zero-order chi connectivity index (χ0) is 16.3. The number of hydrogen-bond acceptors (Lipinski definition) is 6. The van der Waals surface area contributed by atoms with Crippen LogP contribution in [0.5, 0.6) is 0 Å². The van der Waals surface area contributed by atoms with Gasteiger partial charge in [-0.25, -0.2) is 13.2 Å². The van der Waals surface area contributed by atoms with Crippen LogP contribution in [0.15, 0.2) is 39.8 Å². The summed E-state index contributed by atoms with van der Waals surface area (Å²) in [7, 11) is -1.07. The van der Waals surface area contributed by atoms with E-state index in [0.29, 0.717) is 11.5 Å². The number of methoxy groups -OCH3 is 1. The van der Waals surface area contributed by atoms with E-state index in [2.05, 4.69) is 9.89 Å². The first-order valence-electron chi connectivity index (χ1n) is 6.41. The van der Waals surface area contributed by atoms with Crippen molar-refractivity contribution in [1.82, 2.24) is 9.46 Å². The molecule has 0 saturated carbocycles. The van der Waals surface area contributed by atoms with Crippen molar-refractivity contribution in [3.8, 4) is 0 Å². The van der Waals surface area contributed by atoms with Crippen molar-refractivity contribution in [3.63, 3.8) is 0 Å². The lowest BCUT2D eigenvalue weighted by atomic mass is 10.2. The van der Waals surface area contributed by atoms with E-state index in [9.17, 15) is 13.2 Å². The van der Waals surface area contributed by atoms with Crippen molar-refractivity contribution >= 4 is 16.0 Å². The Labute approximate surface area is 128 Å². The molecule has 0 fully saturated rings. The van der Waals surface area contributed by atoms with E-state index in [1.807, 2.05) is 0 Å². The second-order valence-corrected chi connectivity index (χ2v) is 6.75. The number of benzene rings is 1. The van der Waals surface area contributed by atoms with Crippen LogP contribution >= 0.6 is 0 Å². The van der Waals surface area contributed by atoms with Crippen LogP contribution in [-0.2, 0) is 21.3 Å². The minimum absolute atomic E-state index is 0.0121. The molecule has 2 rings (SSSR count). The highest BCUT2D eigenvalue weighted by Gasteiger charge is 2.23. The van der Waals surface area contributed by atoms with Crippen molar-refractivity contribution in [2.45, 2.75) is 18.4 Å². The Morgan fingerprint density at radius 1 is 1.36 bits per heavy atom. The van der Waals surface area contributed by atoms with E-state index >= 15 is 0 Å². The maximum atomic E-state index is 12.5. The highest BCUT2D eigenvalue weighted by molar-refractivity contribution is 7.89. The smallest absolute Gasteiger partial charge is 0.337 e. The molecule has 2 aromatic rings. The van der Waals surface area contributed by atoms with Crippen LogP contribution in [-0.4, -0.2) is 38.0 Å². The average molecular weight is 324 g/mol. The van der Waals surface area contributed by atoms with Crippen molar-refractivity contribution in [1.29, 1.82) is 0 Å². The molecule has 0 atom stereocenters. The molecule has 0 radical (unpaired) electrons. The number of hydrogen-bond donors (Lipinski definition) is 0. The Morgan fingerprint density at radius 2 is 2.09 bits per heavy atom. The summed E-state index contributed by atoms with van der Waals surface area (Å²) in [5.74, 6) is 0.0142. The molecule has 0 aliphatic heterocycles. The van der Waals surface area contributed by atoms with Gasteiger partial charge in [-0.3, -0.25) is 0 Å². The van der Waals surface area contributed by atoms with Crippen molar-refractivity contribution in [2.75, 3.05) is 14.2 Å². The van der Waals surface area contributed by atoms with Gasteiger partial charge in [0.25, 0.3) is 0 Å². The van der Waals surface area contributed by atoms with E-state index in [-0.39, 0.29) is 17.0 Å². The third-order valence-corrected chi connectivity index (χ3v) is 4.82. The molecule has 0 saturated heterocycles. The molecule has 0 spiro atoms. The molecule has 0 bridgehead atoms. The average Bonchev–Trinajstić information content (AvgIpc) is 2.91. The van der Waals surface area contributed by atoms with Crippen molar-refractivity contribution < 1.29 is 22.5 Å². The summed E-state index contributed by atoms with van der Waals surface area (Å²) >= 11 is 0. The zero-order valence-corrected chi connectivity index (χ0v) is 13.3. The van der Waals surface area contributed by atoms with Gasteiger partial charge in [-0.15, -0.1) is 0 Å². The number of ether oxygens (including phenoxy) is 1. The third-order valence-electron chi connectivity index (χ3n) is 3.02.